The molecule has 1 heterocycles. The normalized spacial score (nSPS) is 11.4. The Morgan fingerprint density at radius 2 is 1.95 bits per heavy atom. The SMILES string of the molecule is COC(=O)n1ncc2ccc(C(=O)OC(C)(C)C)cc21. The molecule has 2 aromatic rings. The van der Waals surface area contributed by atoms with Gasteiger partial charge in [-0.3, -0.25) is 0 Å². The van der Waals surface area contributed by atoms with E-state index in [1.165, 1.54) is 13.3 Å². The molecule has 0 radical (unpaired) electrons. The van der Waals surface area contributed by atoms with E-state index in [1.807, 2.05) is 0 Å². The van der Waals surface area contributed by atoms with E-state index in [0.717, 1.165) is 10.1 Å². The first-order chi connectivity index (χ1) is 9.31. The molecule has 1 aromatic heterocycles. The fourth-order valence-corrected chi connectivity index (χ4v) is 1.71. The van der Waals surface area contributed by atoms with Gasteiger partial charge in [0.25, 0.3) is 0 Å². The molecule has 106 valence electrons. The standard InChI is InChI=1S/C14H16N2O4/c1-14(2,3)20-12(17)9-5-6-10-8-15-16(11(10)7-9)13(18)19-4/h5-8H,1-4H3. The summed E-state index contributed by atoms with van der Waals surface area (Å²) >= 11 is 0. The number of ether oxygens (including phenoxy) is 2. The number of hydrogen-bond acceptors (Lipinski definition) is 5. The first kappa shape index (κ1) is 14.0. The van der Waals surface area contributed by atoms with Crippen LogP contribution in [0.3, 0.4) is 0 Å². The van der Waals surface area contributed by atoms with Crippen molar-refractivity contribution >= 4 is 23.0 Å². The molecule has 0 saturated heterocycles. The van der Waals surface area contributed by atoms with Gasteiger partial charge in [0.15, 0.2) is 0 Å². The van der Waals surface area contributed by atoms with Gasteiger partial charge in [0.1, 0.15) is 5.60 Å². The molecule has 6 nitrogen and oxygen atoms in total. The Morgan fingerprint density at radius 1 is 1.25 bits per heavy atom. The summed E-state index contributed by atoms with van der Waals surface area (Å²) < 4.78 is 11.0. The minimum Gasteiger partial charge on any atom is -0.456 e. The second kappa shape index (κ2) is 4.96. The van der Waals surface area contributed by atoms with Crippen LogP contribution in [0.5, 0.6) is 0 Å². The fraction of sp³-hybridized carbons (Fsp3) is 0.357. The van der Waals surface area contributed by atoms with Crippen molar-refractivity contribution in [2.45, 2.75) is 26.4 Å². The Labute approximate surface area is 116 Å². The number of esters is 1. The maximum Gasteiger partial charge on any atom is 0.434 e. The number of carbonyl (C=O) groups excluding carboxylic acids is 2. The molecule has 0 aliphatic heterocycles. The van der Waals surface area contributed by atoms with Gasteiger partial charge in [-0.25, -0.2) is 9.59 Å². The van der Waals surface area contributed by atoms with Gasteiger partial charge in [-0.1, -0.05) is 6.07 Å². The molecule has 6 heteroatoms. The quantitative estimate of drug-likeness (QED) is 0.749. The van der Waals surface area contributed by atoms with E-state index < -0.39 is 17.7 Å². The van der Waals surface area contributed by atoms with E-state index in [0.29, 0.717) is 11.1 Å². The molecule has 2 rings (SSSR count). The lowest BCUT2D eigenvalue weighted by Crippen LogP contribution is -2.24. The third-order valence-corrected chi connectivity index (χ3v) is 2.55. The van der Waals surface area contributed by atoms with E-state index >= 15 is 0 Å². The van der Waals surface area contributed by atoms with Crippen molar-refractivity contribution in [1.82, 2.24) is 9.78 Å². The zero-order valence-electron chi connectivity index (χ0n) is 11.8. The fourth-order valence-electron chi connectivity index (χ4n) is 1.71. The van der Waals surface area contributed by atoms with E-state index in [2.05, 4.69) is 9.84 Å². The molecular weight excluding hydrogens is 260 g/mol. The van der Waals surface area contributed by atoms with Crippen molar-refractivity contribution in [1.29, 1.82) is 0 Å². The van der Waals surface area contributed by atoms with Crippen molar-refractivity contribution in [3.8, 4) is 0 Å². The Balaban J connectivity index is 2.42. The van der Waals surface area contributed by atoms with Gasteiger partial charge in [-0.2, -0.15) is 9.78 Å². The number of carbonyl (C=O) groups is 2. The molecule has 0 spiro atoms. The second-order valence-electron chi connectivity index (χ2n) is 5.30. The Bertz CT molecular complexity index is 667. The first-order valence-electron chi connectivity index (χ1n) is 6.11. The highest BCUT2D eigenvalue weighted by Crippen LogP contribution is 2.18. The largest absolute Gasteiger partial charge is 0.456 e. The van der Waals surface area contributed by atoms with Gasteiger partial charge >= 0.3 is 12.1 Å². The molecule has 0 unspecified atom stereocenters. The van der Waals surface area contributed by atoms with Gasteiger partial charge < -0.3 is 9.47 Å². The minimum atomic E-state index is -0.610. The summed E-state index contributed by atoms with van der Waals surface area (Å²) in [6, 6.07) is 4.91. The number of benzene rings is 1. The highest BCUT2D eigenvalue weighted by atomic mass is 16.6. The van der Waals surface area contributed by atoms with Crippen molar-refractivity contribution in [3.63, 3.8) is 0 Å². The molecule has 0 amide bonds. The van der Waals surface area contributed by atoms with Crippen LogP contribution in [-0.2, 0) is 9.47 Å². The van der Waals surface area contributed by atoms with Crippen molar-refractivity contribution in [2.75, 3.05) is 7.11 Å². The van der Waals surface area contributed by atoms with Crippen LogP contribution in [-0.4, -0.2) is 34.6 Å². The molecule has 0 aliphatic carbocycles. The predicted molar refractivity (Wildman–Crippen MR) is 72.7 cm³/mol. The van der Waals surface area contributed by atoms with Crippen molar-refractivity contribution in [2.24, 2.45) is 0 Å². The molecule has 0 saturated carbocycles. The molecule has 20 heavy (non-hydrogen) atoms. The van der Waals surface area contributed by atoms with Crippen LogP contribution in [0.4, 0.5) is 4.79 Å². The van der Waals surface area contributed by atoms with E-state index in [4.69, 9.17) is 4.74 Å². The monoisotopic (exact) mass is 276 g/mol. The lowest BCUT2D eigenvalue weighted by Gasteiger charge is -2.19. The summed E-state index contributed by atoms with van der Waals surface area (Å²) in [5, 5.41) is 4.67. The third-order valence-electron chi connectivity index (χ3n) is 2.55. The van der Waals surface area contributed by atoms with Gasteiger partial charge in [0, 0.05) is 5.39 Å². The summed E-state index contributed by atoms with van der Waals surface area (Å²) in [6.07, 6.45) is 0.923. The average molecular weight is 276 g/mol. The minimum absolute atomic E-state index is 0.359. The van der Waals surface area contributed by atoms with Crippen LogP contribution < -0.4 is 0 Å². The summed E-state index contributed by atoms with van der Waals surface area (Å²) in [5.41, 5.74) is 0.285. The topological polar surface area (TPSA) is 70.4 Å². The van der Waals surface area contributed by atoms with Crippen LogP contribution in [0.25, 0.3) is 10.9 Å². The maximum atomic E-state index is 12.0. The highest BCUT2D eigenvalue weighted by molar-refractivity contribution is 5.96. The highest BCUT2D eigenvalue weighted by Gasteiger charge is 2.19. The number of nitrogens with zero attached hydrogens (tertiary/aromatic N) is 2. The predicted octanol–water partition coefficient (Wildman–Crippen LogP) is 2.61. The van der Waals surface area contributed by atoms with Crippen LogP contribution in [0, 0.1) is 0 Å². The molecule has 0 bridgehead atoms. The first-order valence-corrected chi connectivity index (χ1v) is 6.11. The van der Waals surface area contributed by atoms with Crippen molar-refractivity contribution in [3.05, 3.63) is 30.0 Å². The van der Waals surface area contributed by atoms with E-state index in [9.17, 15) is 9.59 Å². The summed E-state index contributed by atoms with van der Waals surface area (Å²) in [6.45, 7) is 5.38. The number of fused-ring (bicyclic) bond motifs is 1. The summed E-state index contributed by atoms with van der Waals surface area (Å²) in [5.74, 6) is -0.447. The Kier molecular flexibility index (Phi) is 3.48. The van der Waals surface area contributed by atoms with Gasteiger partial charge in [0.2, 0.25) is 0 Å². The number of hydrogen-bond donors (Lipinski definition) is 0. The van der Waals surface area contributed by atoms with Gasteiger partial charge in [-0.05, 0) is 32.9 Å². The van der Waals surface area contributed by atoms with Gasteiger partial charge in [-0.15, -0.1) is 0 Å². The number of methoxy groups -OCH3 is 1. The van der Waals surface area contributed by atoms with E-state index in [-0.39, 0.29) is 0 Å². The van der Waals surface area contributed by atoms with Gasteiger partial charge in [0.05, 0.1) is 24.4 Å². The molecular formula is C14H16N2O4. The summed E-state index contributed by atoms with van der Waals surface area (Å²) in [7, 11) is 1.27. The third kappa shape index (κ3) is 2.79. The summed E-state index contributed by atoms with van der Waals surface area (Å²) in [4.78, 5) is 23.6. The number of aromatic nitrogens is 2. The van der Waals surface area contributed by atoms with Crippen molar-refractivity contribution < 1.29 is 19.1 Å². The molecule has 1 aromatic carbocycles. The zero-order chi connectivity index (χ0) is 14.9. The van der Waals surface area contributed by atoms with Crippen LogP contribution in [0.15, 0.2) is 24.4 Å². The Hall–Kier alpha value is -2.37. The molecule has 0 aliphatic rings. The number of rotatable bonds is 1. The smallest absolute Gasteiger partial charge is 0.434 e. The zero-order valence-corrected chi connectivity index (χ0v) is 11.8. The molecule has 0 N–H and O–H groups in total. The van der Waals surface area contributed by atoms with E-state index in [1.54, 1.807) is 39.0 Å². The van der Waals surface area contributed by atoms with Crippen LogP contribution in [0.2, 0.25) is 0 Å². The molecule has 0 fully saturated rings. The average Bonchev–Trinajstić information content (AvgIpc) is 2.78. The van der Waals surface area contributed by atoms with Crippen LogP contribution >= 0.6 is 0 Å². The van der Waals surface area contributed by atoms with Crippen LogP contribution in [0.1, 0.15) is 31.1 Å². The molecule has 0 atom stereocenters. The Morgan fingerprint density at radius 3 is 2.55 bits per heavy atom. The maximum absolute atomic E-state index is 12.0. The second-order valence-corrected chi connectivity index (χ2v) is 5.30. The lowest BCUT2D eigenvalue weighted by atomic mass is 10.1. The lowest BCUT2D eigenvalue weighted by molar-refractivity contribution is 0.00696.